The summed E-state index contributed by atoms with van der Waals surface area (Å²) >= 11 is 0. The van der Waals surface area contributed by atoms with Crippen LogP contribution in [0.3, 0.4) is 0 Å². The van der Waals surface area contributed by atoms with Gasteiger partial charge in [0.2, 0.25) is 0 Å². The summed E-state index contributed by atoms with van der Waals surface area (Å²) in [5, 5.41) is 3.92. The fourth-order valence-corrected chi connectivity index (χ4v) is 4.10. The van der Waals surface area contributed by atoms with Crippen molar-refractivity contribution >= 4 is 16.8 Å². The van der Waals surface area contributed by atoms with E-state index in [9.17, 15) is 4.79 Å². The number of hydrogen-bond acceptors (Lipinski definition) is 6. The van der Waals surface area contributed by atoms with Gasteiger partial charge in [-0.25, -0.2) is 4.98 Å². The molecule has 5 rings (SSSR count). The molecule has 3 aromatic heterocycles. The summed E-state index contributed by atoms with van der Waals surface area (Å²) in [7, 11) is 1.60. The van der Waals surface area contributed by atoms with Crippen LogP contribution in [0.4, 0.5) is 0 Å². The zero-order chi connectivity index (χ0) is 25.6. The van der Waals surface area contributed by atoms with Gasteiger partial charge < -0.3 is 14.8 Å². The second kappa shape index (κ2) is 10.9. The Labute approximate surface area is 215 Å². The van der Waals surface area contributed by atoms with Crippen LogP contribution in [-0.4, -0.2) is 28.0 Å². The average molecular weight is 491 g/mol. The van der Waals surface area contributed by atoms with E-state index in [1.165, 1.54) is 0 Å². The lowest BCUT2D eigenvalue weighted by molar-refractivity contribution is 0.0941. The van der Waals surface area contributed by atoms with E-state index in [4.69, 9.17) is 14.5 Å². The minimum Gasteiger partial charge on any atom is -0.493 e. The zero-order valence-electron chi connectivity index (χ0n) is 20.6. The highest BCUT2D eigenvalue weighted by Crippen LogP contribution is 2.31. The summed E-state index contributed by atoms with van der Waals surface area (Å²) in [6.45, 7) is 2.34. The van der Waals surface area contributed by atoms with Gasteiger partial charge in [-0.15, -0.1) is 0 Å². The van der Waals surface area contributed by atoms with Crippen molar-refractivity contribution < 1.29 is 14.3 Å². The first kappa shape index (κ1) is 23.9. The van der Waals surface area contributed by atoms with Gasteiger partial charge in [-0.05, 0) is 66.6 Å². The average Bonchev–Trinajstić information content (AvgIpc) is 2.96. The first-order valence-corrected chi connectivity index (χ1v) is 11.9. The minimum atomic E-state index is -0.274. The number of methoxy groups -OCH3 is 1. The van der Waals surface area contributed by atoms with E-state index in [2.05, 4.69) is 15.3 Å². The van der Waals surface area contributed by atoms with Gasteiger partial charge in [0.15, 0.2) is 11.5 Å². The molecule has 3 heterocycles. The lowest BCUT2D eigenvalue weighted by Gasteiger charge is -2.18. The van der Waals surface area contributed by atoms with Crippen LogP contribution in [0.25, 0.3) is 22.2 Å². The van der Waals surface area contributed by atoms with Crippen molar-refractivity contribution in [3.63, 3.8) is 0 Å². The van der Waals surface area contributed by atoms with Gasteiger partial charge in [0.05, 0.1) is 29.9 Å². The molecule has 37 heavy (non-hydrogen) atoms. The second-order valence-corrected chi connectivity index (χ2v) is 8.56. The number of para-hydroxylation sites is 1. The lowest BCUT2D eigenvalue weighted by atomic mass is 10.0. The normalized spacial score (nSPS) is 11.6. The molecule has 184 valence electrons. The lowest BCUT2D eigenvalue weighted by Crippen LogP contribution is -2.27. The third kappa shape index (κ3) is 5.41. The van der Waals surface area contributed by atoms with Crippen molar-refractivity contribution in [2.45, 2.75) is 19.6 Å². The maximum absolute atomic E-state index is 13.5. The van der Waals surface area contributed by atoms with Crippen LogP contribution in [-0.2, 0) is 6.61 Å². The van der Waals surface area contributed by atoms with E-state index >= 15 is 0 Å². The summed E-state index contributed by atoms with van der Waals surface area (Å²) in [4.78, 5) is 26.5. The number of nitrogens with zero attached hydrogens (tertiary/aromatic N) is 3. The molecular weight excluding hydrogens is 464 g/mol. The van der Waals surface area contributed by atoms with Crippen LogP contribution in [0, 0.1) is 0 Å². The molecule has 0 spiro atoms. The molecule has 1 amide bonds. The number of amides is 1. The molecule has 1 unspecified atom stereocenters. The summed E-state index contributed by atoms with van der Waals surface area (Å²) < 4.78 is 11.5. The molecule has 0 saturated carbocycles. The Morgan fingerprint density at radius 3 is 2.54 bits per heavy atom. The van der Waals surface area contributed by atoms with Crippen LogP contribution >= 0.6 is 0 Å². The number of pyridine rings is 3. The van der Waals surface area contributed by atoms with Gasteiger partial charge in [-0.2, -0.15) is 0 Å². The molecule has 0 bridgehead atoms. The van der Waals surface area contributed by atoms with E-state index in [0.29, 0.717) is 29.4 Å². The fourth-order valence-electron chi connectivity index (χ4n) is 4.10. The maximum atomic E-state index is 13.5. The Kier molecular flexibility index (Phi) is 7.03. The second-order valence-electron chi connectivity index (χ2n) is 8.56. The van der Waals surface area contributed by atoms with Crippen LogP contribution in [0.15, 0.2) is 97.6 Å². The minimum absolute atomic E-state index is 0.187. The quantitative estimate of drug-likeness (QED) is 0.297. The molecule has 0 fully saturated rings. The van der Waals surface area contributed by atoms with Crippen molar-refractivity contribution in [2.75, 3.05) is 7.11 Å². The maximum Gasteiger partial charge on any atom is 0.252 e. The Morgan fingerprint density at radius 1 is 0.919 bits per heavy atom. The number of benzene rings is 2. The van der Waals surface area contributed by atoms with E-state index in [1.54, 1.807) is 31.9 Å². The molecule has 7 nitrogen and oxygen atoms in total. The van der Waals surface area contributed by atoms with E-state index < -0.39 is 0 Å². The Hall–Kier alpha value is -4.78. The SMILES string of the molecule is COc1cc(C(C)NC(=O)c2cc(-c3cccnc3)nc3ccccc23)ccc1OCc1ccncc1. The number of aromatic nitrogens is 3. The molecule has 0 aliphatic rings. The molecule has 0 radical (unpaired) electrons. The number of nitrogens with one attached hydrogen (secondary N) is 1. The molecule has 7 heteroatoms. The van der Waals surface area contributed by atoms with Crippen LogP contribution in [0.2, 0.25) is 0 Å². The predicted molar refractivity (Wildman–Crippen MR) is 142 cm³/mol. The summed E-state index contributed by atoms with van der Waals surface area (Å²) in [6.07, 6.45) is 6.92. The molecule has 0 aliphatic heterocycles. The standard InChI is InChI=1S/C30H26N4O3/c1-20(22-9-10-28(29(16-22)36-2)37-19-21-11-14-31-15-12-21)33-30(35)25-17-27(23-6-5-13-32-18-23)34-26-8-4-3-7-24(25)26/h3-18,20H,19H2,1-2H3,(H,33,35). The monoisotopic (exact) mass is 490 g/mol. The molecule has 0 aliphatic carbocycles. The number of rotatable bonds is 8. The number of carbonyl (C=O) groups is 1. The van der Waals surface area contributed by atoms with Gasteiger partial charge in [-0.3, -0.25) is 14.8 Å². The highest BCUT2D eigenvalue weighted by atomic mass is 16.5. The molecule has 2 aromatic carbocycles. The van der Waals surface area contributed by atoms with Gasteiger partial charge in [0.1, 0.15) is 6.61 Å². The topological polar surface area (TPSA) is 86.2 Å². The van der Waals surface area contributed by atoms with Crippen molar-refractivity contribution in [3.8, 4) is 22.8 Å². The van der Waals surface area contributed by atoms with Gasteiger partial charge >= 0.3 is 0 Å². The number of fused-ring (bicyclic) bond motifs is 1. The van der Waals surface area contributed by atoms with Gasteiger partial charge in [0, 0.05) is 35.7 Å². The predicted octanol–water partition coefficient (Wildman–Crippen LogP) is 5.77. The van der Waals surface area contributed by atoms with Gasteiger partial charge in [-0.1, -0.05) is 24.3 Å². The third-order valence-electron chi connectivity index (χ3n) is 6.10. The van der Waals surface area contributed by atoms with E-state index in [1.807, 2.05) is 79.7 Å². The van der Waals surface area contributed by atoms with Gasteiger partial charge in [0.25, 0.3) is 5.91 Å². The Balaban J connectivity index is 1.38. The largest absolute Gasteiger partial charge is 0.493 e. The smallest absolute Gasteiger partial charge is 0.252 e. The van der Waals surface area contributed by atoms with Crippen LogP contribution < -0.4 is 14.8 Å². The van der Waals surface area contributed by atoms with Crippen molar-refractivity contribution in [3.05, 3.63) is 114 Å². The van der Waals surface area contributed by atoms with E-state index in [0.717, 1.165) is 27.6 Å². The molecular formula is C30H26N4O3. The summed E-state index contributed by atoms with van der Waals surface area (Å²) in [5.41, 5.74) is 4.76. The zero-order valence-corrected chi connectivity index (χ0v) is 20.6. The van der Waals surface area contributed by atoms with Crippen LogP contribution in [0.5, 0.6) is 11.5 Å². The fraction of sp³-hybridized carbons (Fsp3) is 0.133. The van der Waals surface area contributed by atoms with E-state index in [-0.39, 0.29) is 11.9 Å². The van der Waals surface area contributed by atoms with Crippen LogP contribution in [0.1, 0.15) is 34.5 Å². The highest BCUT2D eigenvalue weighted by Gasteiger charge is 2.18. The first-order valence-electron chi connectivity index (χ1n) is 11.9. The van der Waals surface area contributed by atoms with Crippen molar-refractivity contribution in [1.29, 1.82) is 0 Å². The first-order chi connectivity index (χ1) is 18.1. The molecule has 1 atom stereocenters. The van der Waals surface area contributed by atoms with Crippen molar-refractivity contribution in [2.24, 2.45) is 0 Å². The third-order valence-corrected chi connectivity index (χ3v) is 6.10. The number of hydrogen-bond donors (Lipinski definition) is 1. The molecule has 1 N–H and O–H groups in total. The summed E-state index contributed by atoms with van der Waals surface area (Å²) in [5.74, 6) is 1.04. The van der Waals surface area contributed by atoms with Crippen molar-refractivity contribution in [1.82, 2.24) is 20.3 Å². The Bertz CT molecular complexity index is 1520. The molecule has 5 aromatic rings. The number of ether oxygens (including phenoxy) is 2. The Morgan fingerprint density at radius 2 is 1.76 bits per heavy atom. The summed E-state index contributed by atoms with van der Waals surface area (Å²) in [6, 6.07) is 22.5. The number of carbonyl (C=O) groups excluding carboxylic acids is 1. The highest BCUT2D eigenvalue weighted by molar-refractivity contribution is 6.07. The molecule has 0 saturated heterocycles.